The normalized spacial score (nSPS) is 19.1. The van der Waals surface area contributed by atoms with Crippen molar-refractivity contribution in [3.8, 4) is 5.75 Å². The van der Waals surface area contributed by atoms with Crippen LogP contribution in [0.2, 0.25) is 0 Å². The molecule has 0 bridgehead atoms. The molecule has 16 heavy (non-hydrogen) atoms. The van der Waals surface area contributed by atoms with Crippen LogP contribution in [-0.2, 0) is 16.0 Å². The summed E-state index contributed by atoms with van der Waals surface area (Å²) in [6.07, 6.45) is 0.442. The third-order valence-electron chi connectivity index (χ3n) is 2.63. The van der Waals surface area contributed by atoms with Gasteiger partial charge in [-0.1, -0.05) is 0 Å². The van der Waals surface area contributed by atoms with E-state index in [2.05, 4.69) is 0 Å². The summed E-state index contributed by atoms with van der Waals surface area (Å²) in [6, 6.07) is 4.62. The van der Waals surface area contributed by atoms with Gasteiger partial charge in [0.1, 0.15) is 5.75 Å². The van der Waals surface area contributed by atoms with Crippen molar-refractivity contribution in [2.75, 3.05) is 0 Å². The van der Waals surface area contributed by atoms with Gasteiger partial charge in [-0.15, -0.1) is 0 Å². The van der Waals surface area contributed by atoms with E-state index in [1.807, 2.05) is 0 Å². The molecule has 84 valence electrons. The fourth-order valence-electron chi connectivity index (χ4n) is 1.93. The fraction of sp³-hybridized carbons (Fsp3) is 0.333. The van der Waals surface area contributed by atoms with Crippen molar-refractivity contribution in [2.45, 2.75) is 25.9 Å². The second-order valence-electron chi connectivity index (χ2n) is 3.84. The van der Waals surface area contributed by atoms with E-state index in [1.165, 1.54) is 13.0 Å². The molecular weight excluding hydrogens is 208 g/mol. The summed E-state index contributed by atoms with van der Waals surface area (Å²) in [5.41, 5.74) is 1.35. The van der Waals surface area contributed by atoms with E-state index in [4.69, 9.17) is 4.74 Å². The Morgan fingerprint density at radius 2 is 2.25 bits per heavy atom. The van der Waals surface area contributed by atoms with Crippen molar-refractivity contribution in [2.24, 2.45) is 0 Å². The second-order valence-corrected chi connectivity index (χ2v) is 3.84. The van der Waals surface area contributed by atoms with Crippen LogP contribution in [0.3, 0.4) is 0 Å². The lowest BCUT2D eigenvalue weighted by atomic mass is 9.88. The molecule has 0 aliphatic heterocycles. The first-order valence-electron chi connectivity index (χ1n) is 5.11. The molecule has 1 aliphatic carbocycles. The van der Waals surface area contributed by atoms with Crippen molar-refractivity contribution in [1.29, 1.82) is 0 Å². The summed E-state index contributed by atoms with van der Waals surface area (Å²) in [7, 11) is 0. The molecule has 4 heteroatoms. The Balaban J connectivity index is 2.29. The number of phenolic OH excluding ortho intramolecular Hbond substituents is 1. The first-order chi connectivity index (χ1) is 7.58. The van der Waals surface area contributed by atoms with E-state index < -0.39 is 12.1 Å². The second kappa shape index (κ2) is 3.96. The number of phenols is 1. The van der Waals surface area contributed by atoms with Gasteiger partial charge >= 0.3 is 5.97 Å². The molecule has 1 unspecified atom stereocenters. The molecule has 0 amide bonds. The van der Waals surface area contributed by atoms with Crippen molar-refractivity contribution in [3.63, 3.8) is 0 Å². The third kappa shape index (κ3) is 1.91. The van der Waals surface area contributed by atoms with Crippen LogP contribution in [0, 0.1) is 0 Å². The van der Waals surface area contributed by atoms with E-state index in [-0.39, 0.29) is 11.5 Å². The summed E-state index contributed by atoms with van der Waals surface area (Å²) in [4.78, 5) is 22.7. The van der Waals surface area contributed by atoms with Gasteiger partial charge in [0.2, 0.25) is 5.78 Å². The van der Waals surface area contributed by atoms with Gasteiger partial charge < -0.3 is 9.84 Å². The Morgan fingerprint density at radius 1 is 1.50 bits per heavy atom. The Morgan fingerprint density at radius 3 is 2.94 bits per heavy atom. The summed E-state index contributed by atoms with van der Waals surface area (Å²) >= 11 is 0. The van der Waals surface area contributed by atoms with E-state index in [0.717, 1.165) is 5.56 Å². The number of ketones is 1. The smallest absolute Gasteiger partial charge is 0.303 e. The molecule has 1 N–H and O–H groups in total. The average Bonchev–Trinajstić information content (AvgIpc) is 2.22. The first kappa shape index (κ1) is 10.7. The van der Waals surface area contributed by atoms with Crippen LogP contribution in [0.5, 0.6) is 5.75 Å². The highest BCUT2D eigenvalue weighted by atomic mass is 16.5. The molecule has 0 heterocycles. The third-order valence-corrected chi connectivity index (χ3v) is 2.63. The van der Waals surface area contributed by atoms with Gasteiger partial charge in [-0.05, 0) is 36.6 Å². The minimum atomic E-state index is -0.672. The molecule has 0 fully saturated rings. The number of carbonyl (C=O) groups excluding carboxylic acids is 2. The fourth-order valence-corrected chi connectivity index (χ4v) is 1.93. The zero-order valence-electron chi connectivity index (χ0n) is 8.90. The standard InChI is InChI=1S/C12H12O4/c1-7(13)16-11-5-2-8-6-9(14)3-4-10(8)12(11)15/h3-4,6,11,14H,2,5H2,1H3. The molecule has 1 atom stereocenters. The van der Waals surface area contributed by atoms with Crippen LogP contribution in [-0.4, -0.2) is 23.0 Å². The molecule has 0 saturated heterocycles. The van der Waals surface area contributed by atoms with Gasteiger partial charge in [0.25, 0.3) is 0 Å². The molecule has 1 aliphatic rings. The van der Waals surface area contributed by atoms with Gasteiger partial charge in [0.15, 0.2) is 6.10 Å². The number of carbonyl (C=O) groups is 2. The number of ether oxygens (including phenoxy) is 1. The Labute approximate surface area is 92.8 Å². The van der Waals surface area contributed by atoms with E-state index in [1.54, 1.807) is 12.1 Å². The van der Waals surface area contributed by atoms with Crippen LogP contribution in [0.15, 0.2) is 18.2 Å². The number of esters is 1. The first-order valence-corrected chi connectivity index (χ1v) is 5.11. The van der Waals surface area contributed by atoms with Crippen molar-refractivity contribution in [3.05, 3.63) is 29.3 Å². The van der Waals surface area contributed by atoms with Crippen molar-refractivity contribution < 1.29 is 19.4 Å². The molecule has 2 rings (SSSR count). The lowest BCUT2D eigenvalue weighted by Crippen LogP contribution is -2.31. The highest BCUT2D eigenvalue weighted by Crippen LogP contribution is 2.26. The van der Waals surface area contributed by atoms with E-state index >= 15 is 0 Å². The molecule has 0 radical (unpaired) electrons. The predicted molar refractivity (Wildman–Crippen MR) is 56.3 cm³/mol. The highest BCUT2D eigenvalue weighted by Gasteiger charge is 2.29. The SMILES string of the molecule is CC(=O)OC1CCc2cc(O)ccc2C1=O. The Kier molecular flexibility index (Phi) is 2.64. The number of Topliss-reactive ketones (excluding diaryl/α,β-unsaturated/α-hetero) is 1. The number of rotatable bonds is 1. The number of aromatic hydroxyl groups is 1. The lowest BCUT2D eigenvalue weighted by molar-refractivity contribution is -0.144. The monoisotopic (exact) mass is 220 g/mol. The molecule has 1 aromatic rings. The number of hydrogen-bond donors (Lipinski definition) is 1. The largest absolute Gasteiger partial charge is 0.508 e. The molecule has 1 aromatic carbocycles. The lowest BCUT2D eigenvalue weighted by Gasteiger charge is -2.22. The summed E-state index contributed by atoms with van der Waals surface area (Å²) in [5.74, 6) is -0.477. The van der Waals surface area contributed by atoms with Crippen molar-refractivity contribution in [1.82, 2.24) is 0 Å². The van der Waals surface area contributed by atoms with E-state index in [9.17, 15) is 14.7 Å². The molecule has 0 spiro atoms. The van der Waals surface area contributed by atoms with Crippen LogP contribution >= 0.6 is 0 Å². The molecule has 4 nitrogen and oxygen atoms in total. The maximum Gasteiger partial charge on any atom is 0.303 e. The zero-order valence-corrected chi connectivity index (χ0v) is 8.90. The van der Waals surface area contributed by atoms with Gasteiger partial charge in [-0.2, -0.15) is 0 Å². The Hall–Kier alpha value is -1.84. The Bertz CT molecular complexity index is 450. The zero-order chi connectivity index (χ0) is 11.7. The van der Waals surface area contributed by atoms with Gasteiger partial charge in [0.05, 0.1) is 0 Å². The molecule has 0 aromatic heterocycles. The van der Waals surface area contributed by atoms with E-state index in [0.29, 0.717) is 18.4 Å². The minimum absolute atomic E-state index is 0.150. The highest BCUT2D eigenvalue weighted by molar-refractivity contribution is 6.02. The van der Waals surface area contributed by atoms with Gasteiger partial charge in [0, 0.05) is 12.5 Å². The van der Waals surface area contributed by atoms with Crippen LogP contribution in [0.25, 0.3) is 0 Å². The maximum atomic E-state index is 11.9. The van der Waals surface area contributed by atoms with Gasteiger partial charge in [-0.25, -0.2) is 0 Å². The van der Waals surface area contributed by atoms with Gasteiger partial charge in [-0.3, -0.25) is 9.59 Å². The number of fused-ring (bicyclic) bond motifs is 1. The van der Waals surface area contributed by atoms with Crippen molar-refractivity contribution >= 4 is 11.8 Å². The molecule has 0 saturated carbocycles. The van der Waals surface area contributed by atoms with Crippen LogP contribution in [0.4, 0.5) is 0 Å². The topological polar surface area (TPSA) is 63.6 Å². The quantitative estimate of drug-likeness (QED) is 0.727. The molecular formula is C12H12O4. The van der Waals surface area contributed by atoms with Crippen LogP contribution < -0.4 is 0 Å². The maximum absolute atomic E-state index is 11.9. The summed E-state index contributed by atoms with van der Waals surface area (Å²) in [6.45, 7) is 1.29. The number of benzene rings is 1. The summed E-state index contributed by atoms with van der Waals surface area (Å²) < 4.78 is 4.94. The minimum Gasteiger partial charge on any atom is -0.508 e. The predicted octanol–water partition coefficient (Wildman–Crippen LogP) is 1.45. The summed E-state index contributed by atoms with van der Waals surface area (Å²) in [5, 5.41) is 9.29. The number of aryl methyl sites for hydroxylation is 1. The van der Waals surface area contributed by atoms with Crippen LogP contribution in [0.1, 0.15) is 29.3 Å². The number of hydrogen-bond acceptors (Lipinski definition) is 4. The average molecular weight is 220 g/mol.